The van der Waals surface area contributed by atoms with Gasteiger partial charge in [0.1, 0.15) is 18.6 Å². The molecule has 1 aliphatic heterocycles. The molecule has 6 N–H and O–H groups in total. The van der Waals surface area contributed by atoms with E-state index in [1.54, 1.807) is 0 Å². The monoisotopic (exact) mass is 300 g/mol. The molecule has 116 valence electrons. The number of hydrogen-bond donors (Lipinski definition) is 5. The predicted octanol–water partition coefficient (Wildman–Crippen LogP) is -3.17. The molecular weight excluding hydrogens is 284 g/mol. The molecule has 4 amide bonds. The number of carboxylic acids is 1. The maximum atomic E-state index is 11.9. The lowest BCUT2D eigenvalue weighted by Gasteiger charge is -2.19. The van der Waals surface area contributed by atoms with Gasteiger partial charge in [0.05, 0.1) is 6.42 Å². The van der Waals surface area contributed by atoms with Crippen molar-refractivity contribution in [1.82, 2.24) is 16.0 Å². The van der Waals surface area contributed by atoms with Crippen LogP contribution in [0.15, 0.2) is 0 Å². The summed E-state index contributed by atoms with van der Waals surface area (Å²) in [6, 6.07) is -2.06. The lowest BCUT2D eigenvalue weighted by atomic mass is 10.1. The fourth-order valence-corrected chi connectivity index (χ4v) is 1.78. The zero-order valence-electron chi connectivity index (χ0n) is 11.0. The summed E-state index contributed by atoms with van der Waals surface area (Å²) in [5.41, 5.74) is 4.98. The molecule has 1 saturated heterocycles. The molecular formula is C11H16N4O6. The van der Waals surface area contributed by atoms with E-state index in [1.165, 1.54) is 0 Å². The standard InChI is InChI=1S/C11H16N4O6/c12-7(16)3-6(10(20)13-4-9(18)19)15-11(21)5-1-2-8(17)14-5/h5-6H,1-4H2,(H2,12,16)(H,13,20)(H,14,17)(H,15,21)(H,18,19)/t5-,6+/m1/s1. The van der Waals surface area contributed by atoms with Crippen LogP contribution in [-0.4, -0.2) is 53.3 Å². The van der Waals surface area contributed by atoms with E-state index >= 15 is 0 Å². The molecule has 1 fully saturated rings. The van der Waals surface area contributed by atoms with E-state index in [2.05, 4.69) is 10.6 Å². The smallest absolute Gasteiger partial charge is 0.322 e. The summed E-state index contributed by atoms with van der Waals surface area (Å²) in [5.74, 6) is -3.85. The molecule has 0 aliphatic carbocycles. The van der Waals surface area contributed by atoms with Gasteiger partial charge in [-0.05, 0) is 6.42 Å². The van der Waals surface area contributed by atoms with Gasteiger partial charge in [0.25, 0.3) is 0 Å². The number of carboxylic acid groups (broad SMARTS) is 1. The van der Waals surface area contributed by atoms with Gasteiger partial charge in [-0.3, -0.25) is 24.0 Å². The largest absolute Gasteiger partial charge is 0.480 e. The van der Waals surface area contributed by atoms with Crippen molar-refractivity contribution >= 4 is 29.6 Å². The first-order valence-corrected chi connectivity index (χ1v) is 6.17. The third-order valence-electron chi connectivity index (χ3n) is 2.76. The zero-order chi connectivity index (χ0) is 16.0. The summed E-state index contributed by atoms with van der Waals surface area (Å²) in [4.78, 5) is 55.9. The second kappa shape index (κ2) is 7.22. The van der Waals surface area contributed by atoms with Crippen LogP contribution in [0.5, 0.6) is 0 Å². The Hall–Kier alpha value is -2.65. The average molecular weight is 300 g/mol. The normalized spacial score (nSPS) is 18.5. The average Bonchev–Trinajstić information content (AvgIpc) is 2.81. The van der Waals surface area contributed by atoms with Gasteiger partial charge in [-0.25, -0.2) is 0 Å². The molecule has 1 rings (SSSR count). The molecule has 0 radical (unpaired) electrons. The number of aliphatic carboxylic acids is 1. The Kier molecular flexibility index (Phi) is 5.64. The molecule has 10 nitrogen and oxygen atoms in total. The third kappa shape index (κ3) is 5.47. The van der Waals surface area contributed by atoms with Gasteiger partial charge in [-0.1, -0.05) is 0 Å². The first-order valence-electron chi connectivity index (χ1n) is 6.17. The van der Waals surface area contributed by atoms with Crippen LogP contribution in [-0.2, 0) is 24.0 Å². The SMILES string of the molecule is NC(=O)C[C@H](NC(=O)[C@H]1CCC(=O)N1)C(=O)NCC(=O)O. The Labute approximate surface area is 119 Å². The van der Waals surface area contributed by atoms with Crippen molar-refractivity contribution in [2.24, 2.45) is 5.73 Å². The van der Waals surface area contributed by atoms with Gasteiger partial charge in [-0.15, -0.1) is 0 Å². The molecule has 1 aliphatic rings. The molecule has 0 aromatic heterocycles. The molecule has 0 spiro atoms. The van der Waals surface area contributed by atoms with Crippen molar-refractivity contribution in [3.63, 3.8) is 0 Å². The topological polar surface area (TPSA) is 168 Å². The van der Waals surface area contributed by atoms with Crippen LogP contribution in [0, 0.1) is 0 Å². The third-order valence-corrected chi connectivity index (χ3v) is 2.76. The lowest BCUT2D eigenvalue weighted by molar-refractivity contribution is -0.138. The van der Waals surface area contributed by atoms with Crippen LogP contribution in [0.3, 0.4) is 0 Å². The van der Waals surface area contributed by atoms with Gasteiger partial charge in [0.2, 0.25) is 23.6 Å². The molecule has 10 heteroatoms. The lowest BCUT2D eigenvalue weighted by Crippen LogP contribution is -2.53. The highest BCUT2D eigenvalue weighted by atomic mass is 16.4. The van der Waals surface area contributed by atoms with E-state index in [4.69, 9.17) is 10.8 Å². The number of primary amides is 1. The van der Waals surface area contributed by atoms with E-state index in [1.807, 2.05) is 5.32 Å². The van der Waals surface area contributed by atoms with E-state index in [9.17, 15) is 24.0 Å². The summed E-state index contributed by atoms with van der Waals surface area (Å²) in [6.07, 6.45) is 0.00629. The highest BCUT2D eigenvalue weighted by molar-refractivity contribution is 5.96. The van der Waals surface area contributed by atoms with Crippen molar-refractivity contribution in [2.75, 3.05) is 6.54 Å². The van der Waals surface area contributed by atoms with Crippen LogP contribution in [0.2, 0.25) is 0 Å². The summed E-state index contributed by atoms with van der Waals surface area (Å²) >= 11 is 0. The molecule has 1 heterocycles. The fourth-order valence-electron chi connectivity index (χ4n) is 1.78. The summed E-state index contributed by atoms with van der Waals surface area (Å²) in [5, 5.41) is 15.2. The molecule has 0 unspecified atom stereocenters. The van der Waals surface area contributed by atoms with Crippen LogP contribution in [0.25, 0.3) is 0 Å². The van der Waals surface area contributed by atoms with Gasteiger partial charge in [0.15, 0.2) is 0 Å². The molecule has 21 heavy (non-hydrogen) atoms. The molecule has 0 aromatic rings. The number of nitrogens with one attached hydrogen (secondary N) is 3. The molecule has 0 saturated carbocycles. The van der Waals surface area contributed by atoms with Crippen molar-refractivity contribution in [3.8, 4) is 0 Å². The minimum Gasteiger partial charge on any atom is -0.480 e. The van der Waals surface area contributed by atoms with E-state index < -0.39 is 48.7 Å². The number of carbonyl (C=O) groups excluding carboxylic acids is 4. The molecule has 0 bridgehead atoms. The first-order chi connectivity index (χ1) is 9.79. The fraction of sp³-hybridized carbons (Fsp3) is 0.545. The summed E-state index contributed by atoms with van der Waals surface area (Å²) in [6.45, 7) is -0.649. The van der Waals surface area contributed by atoms with Crippen LogP contribution >= 0.6 is 0 Å². The van der Waals surface area contributed by atoms with Crippen LogP contribution in [0.4, 0.5) is 0 Å². The van der Waals surface area contributed by atoms with Gasteiger partial charge >= 0.3 is 5.97 Å². The van der Waals surface area contributed by atoms with Crippen molar-refractivity contribution in [2.45, 2.75) is 31.3 Å². The van der Waals surface area contributed by atoms with E-state index in [0.29, 0.717) is 0 Å². The van der Waals surface area contributed by atoms with Crippen molar-refractivity contribution in [1.29, 1.82) is 0 Å². The maximum absolute atomic E-state index is 11.9. The van der Waals surface area contributed by atoms with Gasteiger partial charge in [0, 0.05) is 6.42 Å². The molecule has 0 aromatic carbocycles. The summed E-state index contributed by atoms with van der Waals surface area (Å²) < 4.78 is 0. The Morgan fingerprint density at radius 1 is 1.38 bits per heavy atom. The van der Waals surface area contributed by atoms with E-state index in [0.717, 1.165) is 0 Å². The van der Waals surface area contributed by atoms with Crippen LogP contribution in [0.1, 0.15) is 19.3 Å². The van der Waals surface area contributed by atoms with E-state index in [-0.39, 0.29) is 18.7 Å². The van der Waals surface area contributed by atoms with Gasteiger partial charge in [-0.2, -0.15) is 0 Å². The maximum Gasteiger partial charge on any atom is 0.322 e. The number of nitrogens with two attached hydrogens (primary N) is 1. The second-order valence-electron chi connectivity index (χ2n) is 4.50. The quantitative estimate of drug-likeness (QED) is 0.332. The number of amides is 4. The first kappa shape index (κ1) is 16.4. The minimum atomic E-state index is -1.29. The van der Waals surface area contributed by atoms with Crippen molar-refractivity contribution in [3.05, 3.63) is 0 Å². The number of hydrogen-bond acceptors (Lipinski definition) is 5. The Morgan fingerprint density at radius 3 is 2.52 bits per heavy atom. The number of carbonyl (C=O) groups is 5. The molecule has 2 atom stereocenters. The minimum absolute atomic E-state index is 0.198. The Morgan fingerprint density at radius 2 is 2.05 bits per heavy atom. The highest BCUT2D eigenvalue weighted by Gasteiger charge is 2.31. The number of rotatable bonds is 7. The van der Waals surface area contributed by atoms with Gasteiger partial charge < -0.3 is 26.8 Å². The second-order valence-corrected chi connectivity index (χ2v) is 4.50. The highest BCUT2D eigenvalue weighted by Crippen LogP contribution is 2.07. The predicted molar refractivity (Wildman–Crippen MR) is 67.6 cm³/mol. The summed E-state index contributed by atoms with van der Waals surface area (Å²) in [7, 11) is 0. The van der Waals surface area contributed by atoms with Crippen LogP contribution < -0.4 is 21.7 Å². The Balaban J connectivity index is 2.62. The zero-order valence-corrected chi connectivity index (χ0v) is 11.0. The Bertz CT molecular complexity index is 477. The van der Waals surface area contributed by atoms with Crippen molar-refractivity contribution < 1.29 is 29.1 Å².